The summed E-state index contributed by atoms with van der Waals surface area (Å²) < 4.78 is 0. The Morgan fingerprint density at radius 2 is 1.81 bits per heavy atom. The van der Waals surface area contributed by atoms with Crippen LogP contribution in [0.15, 0.2) is 79.1 Å². The first-order valence-electron chi connectivity index (χ1n) is 10.4. The third kappa shape index (κ3) is 3.80. The van der Waals surface area contributed by atoms with Gasteiger partial charge >= 0.3 is 0 Å². The van der Waals surface area contributed by atoms with Crippen LogP contribution in [-0.2, 0) is 9.59 Å². The van der Waals surface area contributed by atoms with Gasteiger partial charge in [0.1, 0.15) is 5.37 Å². The molecule has 1 N–H and O–H groups in total. The second kappa shape index (κ2) is 8.59. The van der Waals surface area contributed by atoms with Crippen LogP contribution in [-0.4, -0.2) is 39.3 Å². The van der Waals surface area contributed by atoms with Crippen molar-refractivity contribution in [3.05, 3.63) is 95.8 Å². The van der Waals surface area contributed by atoms with Gasteiger partial charge in [0.25, 0.3) is 0 Å². The van der Waals surface area contributed by atoms with Crippen molar-refractivity contribution in [2.24, 2.45) is 5.92 Å². The van der Waals surface area contributed by atoms with Gasteiger partial charge in [-0.05, 0) is 18.2 Å². The molecule has 3 heterocycles. The topological polar surface area (TPSA) is 79.4 Å². The summed E-state index contributed by atoms with van der Waals surface area (Å²) in [5, 5.41) is 2.82. The Morgan fingerprint density at radius 1 is 1.00 bits per heavy atom. The molecular weight excluding hydrogens is 422 g/mol. The predicted molar refractivity (Wildman–Crippen MR) is 123 cm³/mol. The van der Waals surface area contributed by atoms with E-state index < -0.39 is 5.92 Å². The van der Waals surface area contributed by atoms with Crippen molar-refractivity contribution in [1.82, 2.24) is 9.88 Å². The molecule has 2 saturated heterocycles. The molecule has 6 nitrogen and oxygen atoms in total. The minimum absolute atomic E-state index is 0.0120. The zero-order valence-electron chi connectivity index (χ0n) is 17.2. The largest absolute Gasteiger partial charge is 0.326 e. The van der Waals surface area contributed by atoms with Crippen molar-refractivity contribution in [2.45, 2.75) is 17.8 Å². The molecule has 3 atom stereocenters. The monoisotopic (exact) mass is 443 g/mol. The van der Waals surface area contributed by atoms with Gasteiger partial charge in [-0.25, -0.2) is 0 Å². The fraction of sp³-hybridized carbons (Fsp3) is 0.200. The number of carbonyl (C=O) groups excluding carboxylic acids is 3. The number of nitrogens with one attached hydrogen (secondary N) is 1. The number of ketones is 1. The number of nitrogens with zero attached hydrogens (tertiary/aromatic N) is 2. The SMILES string of the molecule is O=C(c1ccccc1)c1cccc(NC(=O)[C@@H]2CC(=O)N3[C@@H](c4cccnc4)SC[C@@H]23)c1. The highest BCUT2D eigenvalue weighted by Crippen LogP contribution is 2.47. The van der Waals surface area contributed by atoms with Crippen LogP contribution >= 0.6 is 11.8 Å². The molecule has 2 aliphatic rings. The van der Waals surface area contributed by atoms with Gasteiger partial charge < -0.3 is 10.2 Å². The summed E-state index contributed by atoms with van der Waals surface area (Å²) in [6.07, 6.45) is 3.67. The number of hydrogen-bond acceptors (Lipinski definition) is 5. The van der Waals surface area contributed by atoms with Gasteiger partial charge in [0.15, 0.2) is 5.78 Å². The third-order valence-electron chi connectivity index (χ3n) is 5.92. The smallest absolute Gasteiger partial charge is 0.230 e. The quantitative estimate of drug-likeness (QED) is 0.605. The van der Waals surface area contributed by atoms with E-state index in [9.17, 15) is 14.4 Å². The number of pyridine rings is 1. The minimum Gasteiger partial charge on any atom is -0.326 e. The van der Waals surface area contributed by atoms with Crippen LogP contribution in [0.3, 0.4) is 0 Å². The van der Waals surface area contributed by atoms with Crippen molar-refractivity contribution in [1.29, 1.82) is 0 Å². The number of benzene rings is 2. The molecule has 0 bridgehead atoms. The maximum atomic E-state index is 13.1. The minimum atomic E-state index is -0.426. The van der Waals surface area contributed by atoms with Gasteiger partial charge in [0, 0.05) is 46.9 Å². The molecule has 2 amide bonds. The molecule has 7 heteroatoms. The van der Waals surface area contributed by atoms with E-state index in [0.717, 1.165) is 5.56 Å². The normalized spacial score (nSPS) is 21.9. The van der Waals surface area contributed by atoms with Crippen molar-refractivity contribution >= 4 is 35.0 Å². The Morgan fingerprint density at radius 3 is 2.59 bits per heavy atom. The highest BCUT2D eigenvalue weighted by Gasteiger charge is 2.50. The lowest BCUT2D eigenvalue weighted by Crippen LogP contribution is -2.36. The number of aromatic nitrogens is 1. The van der Waals surface area contributed by atoms with Gasteiger partial charge in [0.2, 0.25) is 11.8 Å². The zero-order valence-corrected chi connectivity index (χ0v) is 18.0. The van der Waals surface area contributed by atoms with E-state index in [-0.39, 0.29) is 35.4 Å². The van der Waals surface area contributed by atoms with Gasteiger partial charge in [0.05, 0.1) is 12.0 Å². The molecule has 0 aliphatic carbocycles. The number of fused-ring (bicyclic) bond motifs is 1. The molecule has 0 saturated carbocycles. The summed E-state index contributed by atoms with van der Waals surface area (Å²) in [6.45, 7) is 0. The zero-order chi connectivity index (χ0) is 22.1. The molecule has 2 fully saturated rings. The number of carbonyl (C=O) groups is 3. The molecule has 3 aromatic rings. The van der Waals surface area contributed by atoms with Gasteiger partial charge in [-0.2, -0.15) is 0 Å². The van der Waals surface area contributed by atoms with Crippen LogP contribution in [0.25, 0.3) is 0 Å². The molecule has 32 heavy (non-hydrogen) atoms. The van der Waals surface area contributed by atoms with Crippen LogP contribution in [0.4, 0.5) is 5.69 Å². The summed E-state index contributed by atoms with van der Waals surface area (Å²) >= 11 is 1.66. The molecule has 0 spiro atoms. The van der Waals surface area contributed by atoms with Crippen LogP contribution in [0, 0.1) is 5.92 Å². The average molecular weight is 444 g/mol. The fourth-order valence-electron chi connectivity index (χ4n) is 4.36. The highest BCUT2D eigenvalue weighted by molar-refractivity contribution is 7.99. The second-order valence-corrected chi connectivity index (χ2v) is 9.03. The van der Waals surface area contributed by atoms with Crippen molar-refractivity contribution in [3.8, 4) is 0 Å². The maximum Gasteiger partial charge on any atom is 0.230 e. The Balaban J connectivity index is 1.31. The molecule has 160 valence electrons. The van der Waals surface area contributed by atoms with Crippen LogP contribution in [0.5, 0.6) is 0 Å². The summed E-state index contributed by atoms with van der Waals surface area (Å²) in [5.74, 6) is -0.0270. The van der Waals surface area contributed by atoms with Gasteiger partial charge in [-0.15, -0.1) is 11.8 Å². The number of anilines is 1. The highest BCUT2D eigenvalue weighted by atomic mass is 32.2. The molecule has 2 aliphatic heterocycles. The van der Waals surface area contributed by atoms with Crippen LogP contribution < -0.4 is 5.32 Å². The van der Waals surface area contributed by atoms with Crippen molar-refractivity contribution in [3.63, 3.8) is 0 Å². The summed E-state index contributed by atoms with van der Waals surface area (Å²) in [6, 6.07) is 19.6. The van der Waals surface area contributed by atoms with Gasteiger partial charge in [-0.3, -0.25) is 19.4 Å². The predicted octanol–water partition coefficient (Wildman–Crippen LogP) is 3.91. The summed E-state index contributed by atoms with van der Waals surface area (Å²) in [4.78, 5) is 44.6. The fourth-order valence-corrected chi connectivity index (χ4v) is 5.89. The van der Waals surface area contributed by atoms with E-state index >= 15 is 0 Å². The Bertz CT molecular complexity index is 1170. The van der Waals surface area contributed by atoms with E-state index in [1.807, 2.05) is 35.2 Å². The van der Waals surface area contributed by atoms with Crippen molar-refractivity contribution in [2.75, 3.05) is 11.1 Å². The summed E-state index contributed by atoms with van der Waals surface area (Å²) in [7, 11) is 0. The second-order valence-electron chi connectivity index (χ2n) is 7.92. The first-order valence-corrected chi connectivity index (χ1v) is 11.5. The maximum absolute atomic E-state index is 13.1. The standard InChI is InChI=1S/C25H21N3O3S/c29-22-13-20(21-15-32-25(28(21)22)18-9-5-11-26-14-18)24(31)27-19-10-4-8-17(12-19)23(30)16-6-2-1-3-7-16/h1-12,14,20-21,25H,13,15H2,(H,27,31)/t20-,21+,25-/m1/s1. The van der Waals surface area contributed by atoms with Crippen molar-refractivity contribution < 1.29 is 14.4 Å². The van der Waals surface area contributed by atoms with E-state index in [1.54, 1.807) is 60.6 Å². The molecular formula is C25H21N3O3S. The molecule has 2 aromatic carbocycles. The molecule has 1 aromatic heterocycles. The average Bonchev–Trinajstić information content (AvgIpc) is 3.41. The lowest BCUT2D eigenvalue weighted by molar-refractivity contribution is -0.129. The third-order valence-corrected chi connectivity index (χ3v) is 7.27. The Labute approximate surface area is 190 Å². The number of amides is 2. The molecule has 5 rings (SSSR count). The first kappa shape index (κ1) is 20.5. The van der Waals surface area contributed by atoms with E-state index in [4.69, 9.17) is 0 Å². The lowest BCUT2D eigenvalue weighted by atomic mass is 9.99. The van der Waals surface area contributed by atoms with Gasteiger partial charge in [-0.1, -0.05) is 48.5 Å². The summed E-state index contributed by atoms with van der Waals surface area (Å²) in [5.41, 5.74) is 2.63. The number of hydrogen-bond donors (Lipinski definition) is 1. The van der Waals surface area contributed by atoms with E-state index in [2.05, 4.69) is 10.3 Å². The lowest BCUT2D eigenvalue weighted by Gasteiger charge is -2.24. The number of rotatable bonds is 5. The van der Waals surface area contributed by atoms with Crippen LogP contribution in [0.1, 0.15) is 33.3 Å². The first-order chi connectivity index (χ1) is 15.6. The van der Waals surface area contributed by atoms with E-state index in [0.29, 0.717) is 22.6 Å². The number of thioether (sulfide) groups is 1. The van der Waals surface area contributed by atoms with Crippen LogP contribution in [0.2, 0.25) is 0 Å². The Kier molecular flexibility index (Phi) is 5.49. The molecule has 0 unspecified atom stereocenters. The Hall–Kier alpha value is -3.45. The molecule has 0 radical (unpaired) electrons. The van der Waals surface area contributed by atoms with E-state index in [1.165, 1.54) is 0 Å².